The van der Waals surface area contributed by atoms with E-state index in [4.69, 9.17) is 6.42 Å². The molecule has 3 aliphatic rings. The number of nitrogens with zero attached hydrogens (tertiary/aromatic N) is 3. The summed E-state index contributed by atoms with van der Waals surface area (Å²) in [6.45, 7) is 1.89. The van der Waals surface area contributed by atoms with Crippen molar-refractivity contribution in [2.24, 2.45) is 15.6 Å². The van der Waals surface area contributed by atoms with Crippen LogP contribution in [-0.2, 0) is 4.79 Å². The molecular formula is C18H27N3O. The molecule has 0 bridgehead atoms. The summed E-state index contributed by atoms with van der Waals surface area (Å²) < 4.78 is 0. The SMILES string of the molecule is C#CCCC1(CCC(=O)N2CCCC3(CCCC3)CC2)N=N1. The second-order valence-electron chi connectivity index (χ2n) is 7.33. The average Bonchev–Trinajstić information content (AvgIpc) is 3.20. The minimum atomic E-state index is -0.319. The smallest absolute Gasteiger partial charge is 0.222 e. The van der Waals surface area contributed by atoms with Crippen molar-refractivity contribution < 1.29 is 4.79 Å². The molecule has 1 spiro atoms. The number of hydrogen-bond donors (Lipinski definition) is 0. The Morgan fingerprint density at radius 2 is 1.77 bits per heavy atom. The third kappa shape index (κ3) is 3.51. The number of amides is 1. The maximum atomic E-state index is 12.5. The summed E-state index contributed by atoms with van der Waals surface area (Å²) >= 11 is 0. The average molecular weight is 301 g/mol. The number of terminal acetylenes is 1. The lowest BCUT2D eigenvalue weighted by Crippen LogP contribution is -2.33. The molecule has 0 aromatic rings. The summed E-state index contributed by atoms with van der Waals surface area (Å²) in [5.74, 6) is 2.92. The molecule has 2 heterocycles. The van der Waals surface area contributed by atoms with Crippen LogP contribution in [0.25, 0.3) is 0 Å². The van der Waals surface area contributed by atoms with E-state index in [0.29, 0.717) is 18.3 Å². The normalized spacial score (nSPS) is 25.0. The Bertz CT molecular complexity index is 479. The molecule has 4 nitrogen and oxygen atoms in total. The van der Waals surface area contributed by atoms with Gasteiger partial charge in [0.25, 0.3) is 0 Å². The lowest BCUT2D eigenvalue weighted by molar-refractivity contribution is -0.131. The third-order valence-corrected chi connectivity index (χ3v) is 5.86. The first kappa shape index (κ1) is 15.5. The van der Waals surface area contributed by atoms with Crippen LogP contribution in [-0.4, -0.2) is 29.6 Å². The predicted molar refractivity (Wildman–Crippen MR) is 86.2 cm³/mol. The van der Waals surface area contributed by atoms with E-state index in [1.165, 1.54) is 44.9 Å². The number of likely N-dealkylation sites (tertiary alicyclic amines) is 1. The van der Waals surface area contributed by atoms with Gasteiger partial charge >= 0.3 is 0 Å². The first-order chi connectivity index (χ1) is 10.7. The summed E-state index contributed by atoms with van der Waals surface area (Å²) in [4.78, 5) is 14.6. The van der Waals surface area contributed by atoms with Gasteiger partial charge < -0.3 is 4.90 Å². The summed E-state index contributed by atoms with van der Waals surface area (Å²) in [6.07, 6.45) is 17.3. The number of carbonyl (C=O) groups is 1. The summed E-state index contributed by atoms with van der Waals surface area (Å²) in [7, 11) is 0. The van der Waals surface area contributed by atoms with Crippen molar-refractivity contribution in [1.29, 1.82) is 0 Å². The molecule has 2 fully saturated rings. The molecule has 4 heteroatoms. The molecule has 0 atom stereocenters. The molecule has 2 aliphatic heterocycles. The fourth-order valence-corrected chi connectivity index (χ4v) is 4.26. The van der Waals surface area contributed by atoms with Crippen LogP contribution in [0.5, 0.6) is 0 Å². The first-order valence-corrected chi connectivity index (χ1v) is 8.82. The van der Waals surface area contributed by atoms with Crippen LogP contribution in [0.2, 0.25) is 0 Å². The van der Waals surface area contributed by atoms with Crippen LogP contribution in [0.15, 0.2) is 10.2 Å². The molecule has 3 rings (SSSR count). The molecular weight excluding hydrogens is 274 g/mol. The van der Waals surface area contributed by atoms with Gasteiger partial charge in [0, 0.05) is 38.8 Å². The van der Waals surface area contributed by atoms with Gasteiger partial charge in [0.15, 0.2) is 5.66 Å². The van der Waals surface area contributed by atoms with Gasteiger partial charge in [0.05, 0.1) is 0 Å². The van der Waals surface area contributed by atoms with E-state index in [1.54, 1.807) is 0 Å². The molecule has 1 saturated carbocycles. The number of hydrogen-bond acceptors (Lipinski definition) is 3. The van der Waals surface area contributed by atoms with Crippen LogP contribution in [0.3, 0.4) is 0 Å². The summed E-state index contributed by atoms with van der Waals surface area (Å²) in [5, 5.41) is 8.25. The first-order valence-electron chi connectivity index (χ1n) is 8.82. The zero-order valence-electron chi connectivity index (χ0n) is 13.5. The lowest BCUT2D eigenvalue weighted by Gasteiger charge is -2.27. The fourth-order valence-electron chi connectivity index (χ4n) is 4.26. The van der Waals surface area contributed by atoms with Gasteiger partial charge in [-0.25, -0.2) is 0 Å². The van der Waals surface area contributed by atoms with Gasteiger partial charge in [0.2, 0.25) is 5.91 Å². The molecule has 120 valence electrons. The predicted octanol–water partition coefficient (Wildman–Crippen LogP) is 3.92. The molecule has 22 heavy (non-hydrogen) atoms. The molecule has 1 amide bonds. The second-order valence-corrected chi connectivity index (χ2v) is 7.33. The topological polar surface area (TPSA) is 45.0 Å². The Morgan fingerprint density at radius 3 is 2.45 bits per heavy atom. The molecule has 0 radical (unpaired) electrons. The molecule has 0 aromatic heterocycles. The molecule has 1 aliphatic carbocycles. The van der Waals surface area contributed by atoms with E-state index in [9.17, 15) is 4.79 Å². The minimum Gasteiger partial charge on any atom is -0.343 e. The van der Waals surface area contributed by atoms with Crippen molar-refractivity contribution in [3.05, 3.63) is 0 Å². The second kappa shape index (κ2) is 6.40. The van der Waals surface area contributed by atoms with Crippen LogP contribution in [0, 0.1) is 17.8 Å². The van der Waals surface area contributed by atoms with Crippen LogP contribution < -0.4 is 0 Å². The van der Waals surface area contributed by atoms with Crippen molar-refractivity contribution in [2.75, 3.05) is 13.1 Å². The van der Waals surface area contributed by atoms with E-state index < -0.39 is 0 Å². The molecule has 0 N–H and O–H groups in total. The van der Waals surface area contributed by atoms with Gasteiger partial charge in [-0.15, -0.1) is 12.3 Å². The van der Waals surface area contributed by atoms with Crippen LogP contribution >= 0.6 is 0 Å². The van der Waals surface area contributed by atoms with E-state index >= 15 is 0 Å². The van der Waals surface area contributed by atoms with Crippen molar-refractivity contribution in [3.63, 3.8) is 0 Å². The van der Waals surface area contributed by atoms with Crippen molar-refractivity contribution in [2.45, 2.75) is 76.3 Å². The van der Waals surface area contributed by atoms with Crippen LogP contribution in [0.4, 0.5) is 0 Å². The highest BCUT2D eigenvalue weighted by Crippen LogP contribution is 2.46. The largest absolute Gasteiger partial charge is 0.343 e. The van der Waals surface area contributed by atoms with Crippen molar-refractivity contribution in [3.8, 4) is 12.3 Å². The van der Waals surface area contributed by atoms with Gasteiger partial charge in [-0.2, -0.15) is 10.2 Å². The Balaban J connectivity index is 1.45. The Morgan fingerprint density at radius 1 is 1.05 bits per heavy atom. The van der Waals surface area contributed by atoms with E-state index in [1.807, 2.05) is 0 Å². The van der Waals surface area contributed by atoms with Gasteiger partial charge in [-0.1, -0.05) is 12.8 Å². The Kier molecular flexibility index (Phi) is 4.52. The highest BCUT2D eigenvalue weighted by molar-refractivity contribution is 5.76. The number of carbonyl (C=O) groups excluding carboxylic acids is 1. The number of rotatable bonds is 5. The highest BCUT2D eigenvalue weighted by atomic mass is 16.2. The van der Waals surface area contributed by atoms with Gasteiger partial charge in [-0.3, -0.25) is 4.79 Å². The van der Waals surface area contributed by atoms with E-state index in [2.05, 4.69) is 21.0 Å². The van der Waals surface area contributed by atoms with Crippen molar-refractivity contribution in [1.82, 2.24) is 4.90 Å². The fraction of sp³-hybridized carbons (Fsp3) is 0.833. The monoisotopic (exact) mass is 301 g/mol. The zero-order chi connectivity index (χ0) is 15.5. The molecule has 0 unspecified atom stereocenters. The quantitative estimate of drug-likeness (QED) is 0.710. The lowest BCUT2D eigenvalue weighted by atomic mass is 9.79. The van der Waals surface area contributed by atoms with Gasteiger partial charge in [0.1, 0.15) is 0 Å². The van der Waals surface area contributed by atoms with E-state index in [-0.39, 0.29) is 11.6 Å². The highest BCUT2D eigenvalue weighted by Gasteiger charge is 2.40. The zero-order valence-corrected chi connectivity index (χ0v) is 13.5. The standard InChI is InChI=1S/C18H27N3O/c1-2-3-11-18(19-20-18)12-7-16(22)21-14-6-10-17(13-15-21)8-4-5-9-17/h1H,3-15H2. The van der Waals surface area contributed by atoms with Crippen LogP contribution in [0.1, 0.15) is 70.6 Å². The maximum Gasteiger partial charge on any atom is 0.222 e. The van der Waals surface area contributed by atoms with E-state index in [0.717, 1.165) is 25.9 Å². The van der Waals surface area contributed by atoms with Gasteiger partial charge in [-0.05, 0) is 37.5 Å². The maximum absolute atomic E-state index is 12.5. The Hall–Kier alpha value is -1.37. The summed E-state index contributed by atoms with van der Waals surface area (Å²) in [6, 6.07) is 0. The third-order valence-electron chi connectivity index (χ3n) is 5.86. The summed E-state index contributed by atoms with van der Waals surface area (Å²) in [5.41, 5.74) is 0.241. The van der Waals surface area contributed by atoms with Crippen molar-refractivity contribution >= 4 is 5.91 Å². The Labute approximate surface area is 133 Å². The minimum absolute atomic E-state index is 0.285. The molecule has 0 aromatic carbocycles. The molecule has 1 saturated heterocycles.